The van der Waals surface area contributed by atoms with Gasteiger partial charge >= 0.3 is 0 Å². The van der Waals surface area contributed by atoms with Crippen LogP contribution in [-0.4, -0.2) is 0 Å². The van der Waals surface area contributed by atoms with E-state index in [-0.39, 0.29) is 78.2 Å². The summed E-state index contributed by atoms with van der Waals surface area (Å²) >= 11 is 0. The van der Waals surface area contributed by atoms with Gasteiger partial charge in [-0.05, 0) is 0 Å². The Morgan fingerprint density at radius 1 is 1.00 bits per heavy atom. The average molecular weight is 489 g/mol. The van der Waals surface area contributed by atoms with E-state index >= 15 is 0 Å². The Kier molecular flexibility index (Phi) is 153. The van der Waals surface area contributed by atoms with Gasteiger partial charge in [0, 0.05) is 70.7 Å². The predicted octanol–water partition coefficient (Wildman–Crippen LogP) is 0.631. The fourth-order valence-corrected chi connectivity index (χ4v) is 0. The molecule has 0 bridgehead atoms. The zero-order chi connectivity index (χ0) is 0. The van der Waals surface area contributed by atoms with Crippen LogP contribution in [0, 0.1) is 31.1 Å². The Hall–Kier alpha value is 2.32. The SMILES string of the molecule is C.[U].[V].[W]. The van der Waals surface area contributed by atoms with Gasteiger partial charge in [-0.15, -0.1) is 0 Å². The van der Waals surface area contributed by atoms with Crippen LogP contribution in [0.1, 0.15) is 7.43 Å². The molecule has 0 rings (SSSR count). The molecule has 0 atom stereocenters. The topological polar surface area (TPSA) is 0 Å². The molecular formula is CH4UVW. The molecule has 0 unspecified atom stereocenters. The second kappa shape index (κ2) is 18.4. The maximum atomic E-state index is 0. The molecule has 0 amide bonds. The van der Waals surface area contributed by atoms with Crippen molar-refractivity contribution in [2.24, 2.45) is 0 Å². The molecule has 3 heteroatoms. The summed E-state index contributed by atoms with van der Waals surface area (Å²) in [5.41, 5.74) is 0. The summed E-state index contributed by atoms with van der Waals surface area (Å²) in [6.45, 7) is 0. The smallest absolute Gasteiger partial charge is 0 e. The summed E-state index contributed by atoms with van der Waals surface area (Å²) in [7, 11) is 0. The molecule has 23 valence electrons. The molecule has 0 aromatic carbocycles. The van der Waals surface area contributed by atoms with Crippen molar-refractivity contribution in [1.29, 1.82) is 0 Å². The summed E-state index contributed by atoms with van der Waals surface area (Å²) in [6, 6.07) is 0. The molecule has 0 N–H and O–H groups in total. The summed E-state index contributed by atoms with van der Waals surface area (Å²) in [4.78, 5) is 0. The van der Waals surface area contributed by atoms with E-state index in [0.717, 1.165) is 0 Å². The molecule has 0 aliphatic rings. The van der Waals surface area contributed by atoms with E-state index < -0.39 is 0 Å². The molecule has 0 aliphatic carbocycles. The Morgan fingerprint density at radius 3 is 1.00 bits per heavy atom. The molecule has 0 saturated heterocycles. The van der Waals surface area contributed by atoms with Crippen molar-refractivity contribution in [2.45, 2.75) is 7.43 Å². The van der Waals surface area contributed by atoms with Crippen molar-refractivity contribution in [3.63, 3.8) is 0 Å². The van der Waals surface area contributed by atoms with Gasteiger partial charge < -0.3 is 0 Å². The molecular weight excluding hydrogens is 485 g/mol. The Balaban J connectivity index is 0. The zero-order valence-corrected chi connectivity index (χ0v) is 9.85. The maximum Gasteiger partial charge on any atom is 0 e. The standard InChI is InChI=1S/CH4.U.V.W/h1H4;;;. The molecule has 0 aromatic rings. The van der Waals surface area contributed by atoms with Gasteiger partial charge in [-0.3, -0.25) is 0 Å². The monoisotopic (exact) mass is 489 g/mol. The van der Waals surface area contributed by atoms with Gasteiger partial charge in [0.1, 0.15) is 0 Å². The van der Waals surface area contributed by atoms with Crippen molar-refractivity contribution in [1.82, 2.24) is 0 Å². The number of rotatable bonds is 0. The third-order valence-electron chi connectivity index (χ3n) is 0. The molecule has 0 saturated carbocycles. The van der Waals surface area contributed by atoms with Gasteiger partial charge in [-0.1, -0.05) is 7.43 Å². The Labute approximate surface area is 77.0 Å². The van der Waals surface area contributed by atoms with E-state index in [9.17, 15) is 0 Å². The summed E-state index contributed by atoms with van der Waals surface area (Å²) in [5.74, 6) is 0. The van der Waals surface area contributed by atoms with E-state index in [1.165, 1.54) is 0 Å². The summed E-state index contributed by atoms with van der Waals surface area (Å²) in [6.07, 6.45) is 0. The first-order valence-corrected chi connectivity index (χ1v) is 0. The minimum atomic E-state index is 0. The van der Waals surface area contributed by atoms with Crippen LogP contribution < -0.4 is 0 Å². The summed E-state index contributed by atoms with van der Waals surface area (Å²) < 4.78 is 0. The number of hydrogen-bond acceptors (Lipinski definition) is 0. The molecule has 4 heavy (non-hydrogen) atoms. The average Bonchev–Trinajstić information content (AvgIpc) is 0. The molecule has 0 spiro atoms. The van der Waals surface area contributed by atoms with E-state index in [1.54, 1.807) is 0 Å². The largest absolute Gasteiger partial charge is 0.0776 e. The third kappa shape index (κ3) is 8.85. The molecule has 0 fully saturated rings. The van der Waals surface area contributed by atoms with Gasteiger partial charge in [-0.2, -0.15) is 0 Å². The van der Waals surface area contributed by atoms with Gasteiger partial charge in [0.15, 0.2) is 0 Å². The van der Waals surface area contributed by atoms with Crippen molar-refractivity contribution in [3.8, 4) is 0 Å². The first kappa shape index (κ1) is 33.2. The third-order valence-corrected chi connectivity index (χ3v) is 0. The summed E-state index contributed by atoms with van der Waals surface area (Å²) in [5, 5.41) is 0. The van der Waals surface area contributed by atoms with Crippen molar-refractivity contribution >= 4 is 0 Å². The van der Waals surface area contributed by atoms with Crippen LogP contribution in [0.2, 0.25) is 0 Å². The zero-order valence-electron chi connectivity index (χ0n) is 1.36. The Morgan fingerprint density at radius 2 is 1.00 bits per heavy atom. The fourth-order valence-electron chi connectivity index (χ4n) is 0. The van der Waals surface area contributed by atoms with Gasteiger partial charge in [0.2, 0.25) is 0 Å². The van der Waals surface area contributed by atoms with E-state index in [2.05, 4.69) is 0 Å². The van der Waals surface area contributed by atoms with Gasteiger partial charge in [0.05, 0.1) is 0 Å². The van der Waals surface area contributed by atoms with Gasteiger partial charge in [0.25, 0.3) is 0 Å². The minimum absolute atomic E-state index is 0. The van der Waals surface area contributed by atoms with Gasteiger partial charge in [-0.25, -0.2) is 0 Å². The second-order valence-electron chi connectivity index (χ2n) is 0. The van der Waals surface area contributed by atoms with Crippen molar-refractivity contribution in [3.05, 3.63) is 0 Å². The van der Waals surface area contributed by atoms with Crippen LogP contribution in [0.3, 0.4) is 0 Å². The Bertz CT molecular complexity index is 8.00. The first-order valence-electron chi connectivity index (χ1n) is 0. The minimum Gasteiger partial charge on any atom is -0.0776 e. The first-order chi connectivity index (χ1) is 0. The molecule has 0 nitrogen and oxygen atoms in total. The second-order valence-corrected chi connectivity index (χ2v) is 0. The maximum absolute atomic E-state index is 0. The van der Waals surface area contributed by atoms with Crippen LogP contribution in [0.4, 0.5) is 0 Å². The van der Waals surface area contributed by atoms with Crippen LogP contribution in [0.25, 0.3) is 0 Å². The van der Waals surface area contributed by atoms with Crippen LogP contribution in [0.15, 0.2) is 0 Å². The van der Waals surface area contributed by atoms with Crippen LogP contribution in [-0.2, 0) is 39.6 Å². The number of hydrogen-bond donors (Lipinski definition) is 0. The van der Waals surface area contributed by atoms with Crippen LogP contribution >= 0.6 is 0 Å². The molecule has 0 heterocycles. The van der Waals surface area contributed by atoms with Crippen LogP contribution in [0.5, 0.6) is 0 Å². The molecule has 1 radical (unpaired) electrons. The quantitative estimate of drug-likeness (QED) is 0.469. The van der Waals surface area contributed by atoms with Crippen molar-refractivity contribution < 1.29 is 70.7 Å². The van der Waals surface area contributed by atoms with E-state index in [1.807, 2.05) is 0 Å². The normalized spacial score (nSPS) is 0. The van der Waals surface area contributed by atoms with E-state index in [4.69, 9.17) is 0 Å². The van der Waals surface area contributed by atoms with Crippen molar-refractivity contribution in [2.75, 3.05) is 0 Å². The molecule has 0 aromatic heterocycles. The molecule has 0 aliphatic heterocycles. The predicted molar refractivity (Wildman–Crippen MR) is 6.73 cm³/mol. The van der Waals surface area contributed by atoms with E-state index in [0.29, 0.717) is 0 Å². The fraction of sp³-hybridized carbons (Fsp3) is 1.00.